The number of aromatic hydroxyl groups is 1. The highest BCUT2D eigenvalue weighted by molar-refractivity contribution is 6.04. The Balaban J connectivity index is 1.07. The van der Waals surface area contributed by atoms with Crippen LogP contribution in [0.15, 0.2) is 71.4 Å². The summed E-state index contributed by atoms with van der Waals surface area (Å²) >= 11 is 0. The van der Waals surface area contributed by atoms with Crippen LogP contribution in [0.4, 0.5) is 17.3 Å². The minimum atomic E-state index is -0.366. The van der Waals surface area contributed by atoms with Gasteiger partial charge in [0.15, 0.2) is 17.1 Å². The Labute approximate surface area is 234 Å². The molecule has 0 unspecified atom stereocenters. The summed E-state index contributed by atoms with van der Waals surface area (Å²) < 4.78 is 5.19. The van der Waals surface area contributed by atoms with Gasteiger partial charge < -0.3 is 30.5 Å². The van der Waals surface area contributed by atoms with Crippen LogP contribution in [0.3, 0.4) is 0 Å². The van der Waals surface area contributed by atoms with E-state index in [1.807, 2.05) is 30.3 Å². The molecule has 0 aliphatic carbocycles. The van der Waals surface area contributed by atoms with E-state index in [1.165, 1.54) is 0 Å². The smallest absolute Gasteiger partial charge is 0.274 e. The first kappa shape index (κ1) is 25.6. The average Bonchev–Trinajstić information content (AvgIpc) is 3.45. The van der Waals surface area contributed by atoms with Gasteiger partial charge in [-0.2, -0.15) is 0 Å². The number of carbonyl (C=O) groups excluding carboxylic acids is 1. The number of benzene rings is 2. The second-order valence-electron chi connectivity index (χ2n) is 9.24. The van der Waals surface area contributed by atoms with Crippen LogP contribution in [0.1, 0.15) is 16.3 Å². The van der Waals surface area contributed by atoms with Crippen molar-refractivity contribution in [2.24, 2.45) is 0 Å². The highest BCUT2D eigenvalue weighted by Crippen LogP contribution is 2.32. The molecule has 4 heterocycles. The summed E-state index contributed by atoms with van der Waals surface area (Å²) in [5.74, 6) is 7.03. The summed E-state index contributed by atoms with van der Waals surface area (Å²) in [5.41, 5.74) is 8.86. The minimum absolute atomic E-state index is 0.108. The van der Waals surface area contributed by atoms with Gasteiger partial charge in [0.25, 0.3) is 5.91 Å². The SMILES string of the molecule is Nc1nnc(-c2ccccc2O)cc1N1CCN(c2ccnc(C#CCNC(=O)c3noc4ccccc34)n2)CC1. The van der Waals surface area contributed by atoms with Crippen molar-refractivity contribution >= 4 is 34.2 Å². The van der Waals surface area contributed by atoms with Crippen molar-refractivity contribution in [1.82, 2.24) is 30.6 Å². The van der Waals surface area contributed by atoms with Crippen molar-refractivity contribution in [2.45, 2.75) is 0 Å². The standard InChI is InChI=1S/C29H25N9O3/c30-28-22(18-21(34-35-28)19-6-1-3-8-23(19)39)37-14-16-38(17-15-37)26-11-13-31-25(33-26)10-5-12-32-29(40)27-20-7-2-4-9-24(20)41-36-27/h1-4,6-9,11,13,18,39H,12,14-17H2,(H2,30,35)(H,32,40). The third-order valence-electron chi connectivity index (χ3n) is 6.70. The van der Waals surface area contributed by atoms with Gasteiger partial charge in [0.2, 0.25) is 5.82 Å². The Bertz CT molecular complexity index is 1790. The summed E-state index contributed by atoms with van der Waals surface area (Å²) in [6, 6.07) is 17.9. The quantitative estimate of drug-likeness (QED) is 0.277. The summed E-state index contributed by atoms with van der Waals surface area (Å²) in [4.78, 5) is 25.6. The lowest BCUT2D eigenvalue weighted by Crippen LogP contribution is -2.47. The molecule has 5 aromatic rings. The molecule has 1 saturated heterocycles. The molecule has 6 rings (SSSR count). The van der Waals surface area contributed by atoms with Gasteiger partial charge in [-0.3, -0.25) is 4.79 Å². The van der Waals surface area contributed by atoms with Gasteiger partial charge in [-0.05, 0) is 42.3 Å². The van der Waals surface area contributed by atoms with Crippen molar-refractivity contribution in [2.75, 3.05) is 48.3 Å². The number of nitrogen functional groups attached to an aromatic ring is 1. The van der Waals surface area contributed by atoms with Crippen molar-refractivity contribution in [3.05, 3.63) is 78.4 Å². The third-order valence-corrected chi connectivity index (χ3v) is 6.70. The number of para-hydroxylation sites is 2. The van der Waals surface area contributed by atoms with Crippen molar-refractivity contribution in [3.63, 3.8) is 0 Å². The molecule has 12 heteroatoms. The lowest BCUT2D eigenvalue weighted by molar-refractivity contribution is 0.0951. The van der Waals surface area contributed by atoms with Crippen LogP contribution >= 0.6 is 0 Å². The molecule has 41 heavy (non-hydrogen) atoms. The number of nitrogens with zero attached hydrogens (tertiary/aromatic N) is 7. The maximum absolute atomic E-state index is 12.5. The summed E-state index contributed by atoms with van der Waals surface area (Å²) in [6.45, 7) is 2.86. The van der Waals surface area contributed by atoms with E-state index in [4.69, 9.17) is 10.3 Å². The molecule has 2 aromatic carbocycles. The van der Waals surface area contributed by atoms with Gasteiger partial charge in [-0.25, -0.2) is 9.97 Å². The summed E-state index contributed by atoms with van der Waals surface area (Å²) in [7, 11) is 0. The Morgan fingerprint density at radius 3 is 2.66 bits per heavy atom. The van der Waals surface area contributed by atoms with Crippen LogP contribution < -0.4 is 20.9 Å². The fourth-order valence-electron chi connectivity index (χ4n) is 4.61. The zero-order chi connectivity index (χ0) is 28.2. The average molecular weight is 548 g/mol. The fraction of sp³-hybridized carbons (Fsp3) is 0.172. The number of hydrogen-bond acceptors (Lipinski definition) is 11. The van der Waals surface area contributed by atoms with Gasteiger partial charge in [0, 0.05) is 37.9 Å². The fourth-order valence-corrected chi connectivity index (χ4v) is 4.61. The lowest BCUT2D eigenvalue weighted by Gasteiger charge is -2.36. The second kappa shape index (κ2) is 11.2. The molecule has 1 aliphatic rings. The second-order valence-corrected chi connectivity index (χ2v) is 9.24. The zero-order valence-electron chi connectivity index (χ0n) is 21.9. The molecule has 0 spiro atoms. The van der Waals surface area contributed by atoms with Crippen molar-refractivity contribution in [1.29, 1.82) is 0 Å². The number of nitrogens with one attached hydrogen (secondary N) is 1. The van der Waals surface area contributed by atoms with E-state index in [9.17, 15) is 9.90 Å². The van der Waals surface area contributed by atoms with E-state index in [1.54, 1.807) is 36.5 Å². The van der Waals surface area contributed by atoms with E-state index in [2.05, 4.69) is 52.3 Å². The molecule has 1 aliphatic heterocycles. The molecule has 4 N–H and O–H groups in total. The van der Waals surface area contributed by atoms with E-state index in [-0.39, 0.29) is 23.9 Å². The molecular weight excluding hydrogens is 522 g/mol. The number of fused-ring (bicyclic) bond motifs is 1. The monoisotopic (exact) mass is 547 g/mol. The van der Waals surface area contributed by atoms with Crippen molar-refractivity contribution < 1.29 is 14.4 Å². The van der Waals surface area contributed by atoms with Crippen LogP contribution in [-0.2, 0) is 0 Å². The van der Waals surface area contributed by atoms with Gasteiger partial charge >= 0.3 is 0 Å². The number of phenolic OH excluding ortho intramolecular Hbond substituents is 1. The molecule has 1 amide bonds. The van der Waals surface area contributed by atoms with Crippen LogP contribution in [-0.4, -0.2) is 69.1 Å². The van der Waals surface area contributed by atoms with Crippen LogP contribution in [0.25, 0.3) is 22.2 Å². The third kappa shape index (κ3) is 5.41. The number of hydrogen-bond donors (Lipinski definition) is 3. The van der Waals surface area contributed by atoms with Gasteiger partial charge in [0.1, 0.15) is 11.6 Å². The predicted octanol–water partition coefficient (Wildman–Crippen LogP) is 2.47. The summed E-state index contributed by atoms with van der Waals surface area (Å²) in [5, 5.41) is 25.7. The number of nitrogens with two attached hydrogens (primary N) is 1. The van der Waals surface area contributed by atoms with E-state index >= 15 is 0 Å². The number of amides is 1. The highest BCUT2D eigenvalue weighted by Gasteiger charge is 2.22. The molecule has 0 radical (unpaired) electrons. The topological polar surface area (TPSA) is 159 Å². The molecule has 12 nitrogen and oxygen atoms in total. The molecular formula is C29H25N9O3. The molecule has 0 atom stereocenters. The molecule has 204 valence electrons. The number of phenols is 1. The Hall–Kier alpha value is -5.70. The molecule has 0 saturated carbocycles. The zero-order valence-corrected chi connectivity index (χ0v) is 21.9. The number of rotatable bonds is 5. The van der Waals surface area contributed by atoms with E-state index in [0.29, 0.717) is 60.0 Å². The first-order valence-corrected chi connectivity index (χ1v) is 12.9. The maximum Gasteiger partial charge on any atom is 0.274 e. The minimum Gasteiger partial charge on any atom is -0.507 e. The number of carbonyl (C=O) groups is 1. The number of anilines is 3. The Morgan fingerprint density at radius 2 is 1.80 bits per heavy atom. The predicted molar refractivity (Wildman–Crippen MR) is 153 cm³/mol. The first-order chi connectivity index (χ1) is 20.1. The van der Waals surface area contributed by atoms with Crippen LogP contribution in [0, 0.1) is 11.8 Å². The van der Waals surface area contributed by atoms with Gasteiger partial charge in [0.05, 0.1) is 23.3 Å². The van der Waals surface area contributed by atoms with Crippen molar-refractivity contribution in [3.8, 4) is 28.8 Å². The highest BCUT2D eigenvalue weighted by atomic mass is 16.5. The first-order valence-electron chi connectivity index (χ1n) is 12.9. The number of aromatic nitrogens is 5. The maximum atomic E-state index is 12.5. The Kier molecular flexibility index (Phi) is 6.98. The molecule has 0 bridgehead atoms. The lowest BCUT2D eigenvalue weighted by atomic mass is 10.1. The molecule has 3 aromatic heterocycles. The van der Waals surface area contributed by atoms with Crippen LogP contribution in [0.5, 0.6) is 5.75 Å². The van der Waals surface area contributed by atoms with Gasteiger partial charge in [-0.1, -0.05) is 35.3 Å². The number of piperazine rings is 1. The van der Waals surface area contributed by atoms with E-state index < -0.39 is 0 Å². The largest absolute Gasteiger partial charge is 0.507 e. The van der Waals surface area contributed by atoms with E-state index in [0.717, 1.165) is 11.5 Å². The molecule has 1 fully saturated rings. The Morgan fingerprint density at radius 1 is 1.02 bits per heavy atom. The normalized spacial score (nSPS) is 13.1. The van der Waals surface area contributed by atoms with Crippen LogP contribution in [0.2, 0.25) is 0 Å². The summed E-state index contributed by atoms with van der Waals surface area (Å²) in [6.07, 6.45) is 1.67. The van der Waals surface area contributed by atoms with Gasteiger partial charge in [-0.15, -0.1) is 10.2 Å².